The van der Waals surface area contributed by atoms with Gasteiger partial charge in [-0.25, -0.2) is 4.98 Å². The molecule has 120 valence electrons. The third-order valence-electron chi connectivity index (χ3n) is 4.03. The molecule has 1 atom stereocenters. The van der Waals surface area contributed by atoms with Crippen LogP contribution in [0.15, 0.2) is 51.9 Å². The van der Waals surface area contributed by atoms with Crippen LogP contribution in [0.1, 0.15) is 37.9 Å². The van der Waals surface area contributed by atoms with E-state index in [0.717, 1.165) is 23.5 Å². The fourth-order valence-electron chi connectivity index (χ4n) is 2.81. The van der Waals surface area contributed by atoms with E-state index in [2.05, 4.69) is 12.2 Å². The Morgan fingerprint density at radius 1 is 1.22 bits per heavy atom. The molecule has 1 unspecified atom stereocenters. The van der Waals surface area contributed by atoms with Crippen molar-refractivity contribution in [2.75, 3.05) is 0 Å². The van der Waals surface area contributed by atoms with Crippen molar-refractivity contribution in [1.29, 1.82) is 0 Å². The fourth-order valence-corrected chi connectivity index (χ4v) is 2.81. The predicted molar refractivity (Wildman–Crippen MR) is 90.3 cm³/mol. The molecule has 1 aromatic carbocycles. The van der Waals surface area contributed by atoms with Crippen LogP contribution in [0, 0.1) is 0 Å². The zero-order chi connectivity index (χ0) is 16.2. The Morgan fingerprint density at radius 2 is 2.04 bits per heavy atom. The number of aromatic nitrogens is 2. The van der Waals surface area contributed by atoms with Gasteiger partial charge in [-0.1, -0.05) is 19.1 Å². The SMILES string of the molecule is CCC(NCc1ccco1)c1nc2ccccc2c(=O)n1CC. The molecule has 0 aliphatic carbocycles. The van der Waals surface area contributed by atoms with Gasteiger partial charge < -0.3 is 9.73 Å². The highest BCUT2D eigenvalue weighted by Crippen LogP contribution is 2.17. The highest BCUT2D eigenvalue weighted by molar-refractivity contribution is 5.77. The maximum atomic E-state index is 12.7. The molecule has 0 bridgehead atoms. The van der Waals surface area contributed by atoms with Gasteiger partial charge >= 0.3 is 0 Å². The second-order valence-electron chi connectivity index (χ2n) is 5.46. The summed E-state index contributed by atoms with van der Waals surface area (Å²) in [6.45, 7) is 5.27. The van der Waals surface area contributed by atoms with Gasteiger partial charge in [0.2, 0.25) is 0 Å². The summed E-state index contributed by atoms with van der Waals surface area (Å²) in [4.78, 5) is 17.5. The minimum absolute atomic E-state index is 0.00245. The quantitative estimate of drug-likeness (QED) is 0.759. The number of fused-ring (bicyclic) bond motifs is 1. The molecule has 5 nitrogen and oxygen atoms in total. The molecule has 23 heavy (non-hydrogen) atoms. The van der Waals surface area contributed by atoms with E-state index < -0.39 is 0 Å². The Labute approximate surface area is 135 Å². The van der Waals surface area contributed by atoms with Crippen LogP contribution in [-0.4, -0.2) is 9.55 Å². The van der Waals surface area contributed by atoms with Crippen LogP contribution < -0.4 is 10.9 Å². The molecular formula is C18H21N3O2. The Kier molecular flexibility index (Phi) is 4.57. The third kappa shape index (κ3) is 3.05. The summed E-state index contributed by atoms with van der Waals surface area (Å²) < 4.78 is 7.12. The number of rotatable bonds is 6. The molecule has 3 aromatic rings. The molecular weight excluding hydrogens is 290 g/mol. The van der Waals surface area contributed by atoms with Crippen LogP contribution in [0.5, 0.6) is 0 Å². The highest BCUT2D eigenvalue weighted by atomic mass is 16.3. The lowest BCUT2D eigenvalue weighted by Crippen LogP contribution is -2.31. The van der Waals surface area contributed by atoms with E-state index >= 15 is 0 Å². The molecule has 0 aliphatic rings. The van der Waals surface area contributed by atoms with Crippen molar-refractivity contribution in [3.05, 3.63) is 64.6 Å². The van der Waals surface area contributed by atoms with Gasteiger partial charge in [0.05, 0.1) is 29.8 Å². The van der Waals surface area contributed by atoms with Gasteiger partial charge in [0, 0.05) is 6.54 Å². The molecule has 2 aromatic heterocycles. The number of nitrogens with zero attached hydrogens (tertiary/aromatic N) is 2. The molecule has 0 amide bonds. The van der Waals surface area contributed by atoms with Crippen LogP contribution in [-0.2, 0) is 13.1 Å². The Bertz CT molecular complexity index is 837. The van der Waals surface area contributed by atoms with Crippen molar-refractivity contribution < 1.29 is 4.42 Å². The number of nitrogens with one attached hydrogen (secondary N) is 1. The largest absolute Gasteiger partial charge is 0.468 e. The monoisotopic (exact) mass is 311 g/mol. The second-order valence-corrected chi connectivity index (χ2v) is 5.46. The first-order valence-corrected chi connectivity index (χ1v) is 7.99. The van der Waals surface area contributed by atoms with Gasteiger partial charge in [-0.05, 0) is 37.6 Å². The molecule has 3 rings (SSSR count). The predicted octanol–water partition coefficient (Wildman–Crippen LogP) is 3.25. The molecule has 0 fully saturated rings. The Hall–Kier alpha value is -2.40. The van der Waals surface area contributed by atoms with Crippen LogP contribution in [0.4, 0.5) is 0 Å². The first-order valence-electron chi connectivity index (χ1n) is 7.99. The van der Waals surface area contributed by atoms with Crippen molar-refractivity contribution in [2.24, 2.45) is 0 Å². The van der Waals surface area contributed by atoms with Crippen LogP contribution >= 0.6 is 0 Å². The maximum Gasteiger partial charge on any atom is 0.261 e. The van der Waals surface area contributed by atoms with Crippen molar-refractivity contribution in [1.82, 2.24) is 14.9 Å². The molecule has 0 saturated carbocycles. The lowest BCUT2D eigenvalue weighted by atomic mass is 10.1. The van der Waals surface area contributed by atoms with Gasteiger partial charge in [0.1, 0.15) is 11.6 Å². The Morgan fingerprint density at radius 3 is 2.74 bits per heavy atom. The molecule has 0 spiro atoms. The number of furan rings is 1. The minimum atomic E-state index is -0.00245. The van der Waals surface area contributed by atoms with E-state index in [4.69, 9.17) is 9.40 Å². The molecule has 2 heterocycles. The standard InChI is InChI=1S/C18H21N3O2/c1-3-15(19-12-13-8-7-11-23-13)17-20-16-10-6-5-9-14(16)18(22)21(17)4-2/h5-11,15,19H,3-4,12H2,1-2H3. The average Bonchev–Trinajstić information content (AvgIpc) is 3.09. The van der Waals surface area contributed by atoms with E-state index in [-0.39, 0.29) is 11.6 Å². The first-order chi connectivity index (χ1) is 11.2. The molecule has 1 N–H and O–H groups in total. The fraction of sp³-hybridized carbons (Fsp3) is 0.333. The highest BCUT2D eigenvalue weighted by Gasteiger charge is 2.18. The van der Waals surface area contributed by atoms with Crippen LogP contribution in [0.2, 0.25) is 0 Å². The van der Waals surface area contributed by atoms with E-state index in [9.17, 15) is 4.79 Å². The van der Waals surface area contributed by atoms with Crippen molar-refractivity contribution >= 4 is 10.9 Å². The number of benzene rings is 1. The summed E-state index contributed by atoms with van der Waals surface area (Å²) in [5.74, 6) is 1.65. The number of hydrogen-bond acceptors (Lipinski definition) is 4. The summed E-state index contributed by atoms with van der Waals surface area (Å²) in [5.41, 5.74) is 0.766. The normalized spacial score (nSPS) is 12.6. The lowest BCUT2D eigenvalue weighted by molar-refractivity contribution is 0.420. The van der Waals surface area contributed by atoms with Crippen molar-refractivity contribution in [3.63, 3.8) is 0 Å². The lowest BCUT2D eigenvalue weighted by Gasteiger charge is -2.20. The molecule has 5 heteroatoms. The summed E-state index contributed by atoms with van der Waals surface area (Å²) in [6, 6.07) is 11.3. The van der Waals surface area contributed by atoms with E-state index in [1.165, 1.54) is 0 Å². The van der Waals surface area contributed by atoms with Gasteiger partial charge in [0.25, 0.3) is 5.56 Å². The molecule has 0 radical (unpaired) electrons. The summed E-state index contributed by atoms with van der Waals surface area (Å²) in [6.07, 6.45) is 2.50. The smallest absolute Gasteiger partial charge is 0.261 e. The number of hydrogen-bond donors (Lipinski definition) is 1. The van der Waals surface area contributed by atoms with Crippen molar-refractivity contribution in [2.45, 2.75) is 39.4 Å². The zero-order valence-electron chi connectivity index (χ0n) is 13.5. The van der Waals surface area contributed by atoms with Gasteiger partial charge in [-0.15, -0.1) is 0 Å². The van der Waals surface area contributed by atoms with Crippen molar-refractivity contribution in [3.8, 4) is 0 Å². The second kappa shape index (κ2) is 6.79. The van der Waals surface area contributed by atoms with Gasteiger partial charge in [-0.2, -0.15) is 0 Å². The van der Waals surface area contributed by atoms with E-state index in [1.54, 1.807) is 10.8 Å². The summed E-state index contributed by atoms with van der Waals surface area (Å²) >= 11 is 0. The summed E-state index contributed by atoms with van der Waals surface area (Å²) in [5, 5.41) is 4.10. The Balaban J connectivity index is 2.00. The maximum absolute atomic E-state index is 12.7. The number of para-hydroxylation sites is 1. The molecule has 0 aliphatic heterocycles. The first kappa shape index (κ1) is 15.5. The summed E-state index contributed by atoms with van der Waals surface area (Å²) in [7, 11) is 0. The molecule has 0 saturated heterocycles. The van der Waals surface area contributed by atoms with Crippen LogP contribution in [0.3, 0.4) is 0 Å². The van der Waals surface area contributed by atoms with Crippen LogP contribution in [0.25, 0.3) is 10.9 Å². The average molecular weight is 311 g/mol. The zero-order valence-corrected chi connectivity index (χ0v) is 13.5. The minimum Gasteiger partial charge on any atom is -0.468 e. The van der Waals surface area contributed by atoms with Gasteiger partial charge in [0.15, 0.2) is 0 Å². The van der Waals surface area contributed by atoms with Gasteiger partial charge in [-0.3, -0.25) is 9.36 Å². The van der Waals surface area contributed by atoms with E-state index in [1.807, 2.05) is 43.3 Å². The third-order valence-corrected chi connectivity index (χ3v) is 4.03. The topological polar surface area (TPSA) is 60.1 Å². The van der Waals surface area contributed by atoms with E-state index in [0.29, 0.717) is 18.5 Å².